The van der Waals surface area contributed by atoms with E-state index in [1.54, 1.807) is 6.08 Å². The van der Waals surface area contributed by atoms with Crippen molar-refractivity contribution in [3.8, 4) is 0 Å². The van der Waals surface area contributed by atoms with Crippen LogP contribution in [0.3, 0.4) is 0 Å². The molecular weight excluding hydrogens is 270 g/mol. The number of carboxylic acids is 1. The first kappa shape index (κ1) is 15.6. The van der Waals surface area contributed by atoms with Crippen LogP contribution in [-0.4, -0.2) is 45.7 Å². The highest BCUT2D eigenvalue weighted by atomic mass is 16.5. The number of aromatic nitrogens is 2. The maximum absolute atomic E-state index is 10.8. The van der Waals surface area contributed by atoms with E-state index in [1.807, 2.05) is 25.6 Å². The van der Waals surface area contributed by atoms with Crippen LogP contribution in [0.5, 0.6) is 0 Å². The van der Waals surface area contributed by atoms with Crippen LogP contribution in [0.2, 0.25) is 0 Å². The molecule has 6 nitrogen and oxygen atoms in total. The molecule has 0 amide bonds. The molecule has 0 bridgehead atoms. The summed E-state index contributed by atoms with van der Waals surface area (Å²) in [6.07, 6.45) is 2.88. The number of aryl methyl sites for hydroxylation is 2. The topological polar surface area (TPSA) is 67.6 Å². The van der Waals surface area contributed by atoms with E-state index in [0.29, 0.717) is 0 Å². The van der Waals surface area contributed by atoms with Gasteiger partial charge in [0.2, 0.25) is 0 Å². The highest BCUT2D eigenvalue weighted by Crippen LogP contribution is 2.30. The van der Waals surface area contributed by atoms with E-state index >= 15 is 0 Å². The lowest BCUT2D eigenvalue weighted by atomic mass is 10.0. The van der Waals surface area contributed by atoms with Crippen LogP contribution >= 0.6 is 0 Å². The summed E-state index contributed by atoms with van der Waals surface area (Å²) in [4.78, 5) is 13.0. The number of hydrogen-bond donors (Lipinski definition) is 1. The number of rotatable bonds is 3. The molecule has 1 N–H and O–H groups in total. The van der Waals surface area contributed by atoms with Gasteiger partial charge in [-0.1, -0.05) is 0 Å². The molecule has 1 aliphatic heterocycles. The molecule has 0 aliphatic carbocycles. The lowest BCUT2D eigenvalue weighted by Crippen LogP contribution is -2.52. The van der Waals surface area contributed by atoms with Crippen LogP contribution < -0.4 is 4.90 Å². The first-order valence-corrected chi connectivity index (χ1v) is 7.07. The fourth-order valence-electron chi connectivity index (χ4n) is 3.00. The van der Waals surface area contributed by atoms with E-state index in [2.05, 4.69) is 23.8 Å². The second-order valence-electron chi connectivity index (χ2n) is 6.19. The van der Waals surface area contributed by atoms with Gasteiger partial charge in [0.05, 0.1) is 17.4 Å². The number of anilines is 1. The third-order valence-corrected chi connectivity index (χ3v) is 3.50. The van der Waals surface area contributed by atoms with Crippen molar-refractivity contribution in [1.82, 2.24) is 9.78 Å². The van der Waals surface area contributed by atoms with Crippen molar-refractivity contribution in [2.75, 3.05) is 18.0 Å². The SMILES string of the molecule is Cc1nn(C)c(N2CC(C)OC(C)(C)C2)c1C=CC(=O)O. The van der Waals surface area contributed by atoms with Crippen LogP contribution in [-0.2, 0) is 16.6 Å². The Hall–Kier alpha value is -1.82. The number of aliphatic carboxylic acids is 1. The van der Waals surface area contributed by atoms with Gasteiger partial charge < -0.3 is 14.7 Å². The molecule has 2 heterocycles. The largest absolute Gasteiger partial charge is 0.478 e. The average molecular weight is 293 g/mol. The summed E-state index contributed by atoms with van der Waals surface area (Å²) >= 11 is 0. The summed E-state index contributed by atoms with van der Waals surface area (Å²) in [5.41, 5.74) is 1.43. The Bertz CT molecular complexity index is 575. The summed E-state index contributed by atoms with van der Waals surface area (Å²) in [6, 6.07) is 0. The Morgan fingerprint density at radius 3 is 2.76 bits per heavy atom. The summed E-state index contributed by atoms with van der Waals surface area (Å²) in [5.74, 6) is -0.0203. The molecule has 1 saturated heterocycles. The molecule has 1 fully saturated rings. The van der Waals surface area contributed by atoms with Gasteiger partial charge >= 0.3 is 5.97 Å². The van der Waals surface area contributed by atoms with Gasteiger partial charge in [-0.25, -0.2) is 4.79 Å². The molecule has 116 valence electrons. The normalized spacial score (nSPS) is 22.0. The molecule has 1 aromatic rings. The monoisotopic (exact) mass is 293 g/mol. The van der Waals surface area contributed by atoms with Crippen molar-refractivity contribution < 1.29 is 14.6 Å². The van der Waals surface area contributed by atoms with E-state index in [4.69, 9.17) is 9.84 Å². The Morgan fingerprint density at radius 1 is 1.52 bits per heavy atom. The average Bonchev–Trinajstić information content (AvgIpc) is 2.58. The second kappa shape index (κ2) is 5.52. The third kappa shape index (κ3) is 3.44. The summed E-state index contributed by atoms with van der Waals surface area (Å²) in [7, 11) is 1.88. The van der Waals surface area contributed by atoms with Crippen LogP contribution in [0.15, 0.2) is 6.08 Å². The van der Waals surface area contributed by atoms with Crippen molar-refractivity contribution in [1.29, 1.82) is 0 Å². The van der Waals surface area contributed by atoms with Gasteiger partial charge in [-0.2, -0.15) is 5.10 Å². The fraction of sp³-hybridized carbons (Fsp3) is 0.600. The van der Waals surface area contributed by atoms with E-state index in [9.17, 15) is 4.79 Å². The first-order chi connectivity index (χ1) is 9.69. The van der Waals surface area contributed by atoms with Crippen LogP contribution in [0.25, 0.3) is 6.08 Å². The maximum Gasteiger partial charge on any atom is 0.328 e. The minimum absolute atomic E-state index is 0.111. The molecule has 0 spiro atoms. The predicted molar refractivity (Wildman–Crippen MR) is 81.5 cm³/mol. The zero-order valence-electron chi connectivity index (χ0n) is 13.3. The maximum atomic E-state index is 10.8. The van der Waals surface area contributed by atoms with Gasteiger partial charge in [-0.3, -0.25) is 4.68 Å². The lowest BCUT2D eigenvalue weighted by Gasteiger charge is -2.42. The minimum Gasteiger partial charge on any atom is -0.478 e. The minimum atomic E-state index is -0.958. The third-order valence-electron chi connectivity index (χ3n) is 3.50. The van der Waals surface area contributed by atoms with E-state index in [1.165, 1.54) is 0 Å². The molecule has 2 rings (SSSR count). The highest BCUT2D eigenvalue weighted by Gasteiger charge is 2.33. The standard InChI is InChI=1S/C15H23N3O3/c1-10-8-18(9-15(3,4)21-10)14-12(6-7-13(19)20)11(2)16-17(14)5/h6-7,10H,8-9H2,1-5H3,(H,19,20). The second-order valence-corrected chi connectivity index (χ2v) is 6.19. The van der Waals surface area contributed by atoms with Crippen LogP contribution in [0.4, 0.5) is 5.82 Å². The summed E-state index contributed by atoms with van der Waals surface area (Å²) < 4.78 is 7.74. The number of nitrogens with zero attached hydrogens (tertiary/aromatic N) is 3. The zero-order chi connectivity index (χ0) is 15.8. The van der Waals surface area contributed by atoms with Crippen molar-refractivity contribution in [2.24, 2.45) is 7.05 Å². The van der Waals surface area contributed by atoms with Gasteiger partial charge in [0, 0.05) is 31.8 Å². The lowest BCUT2D eigenvalue weighted by molar-refractivity contribution is -0.131. The van der Waals surface area contributed by atoms with Gasteiger partial charge in [0.15, 0.2) is 0 Å². The van der Waals surface area contributed by atoms with Gasteiger partial charge in [0.1, 0.15) is 5.82 Å². The highest BCUT2D eigenvalue weighted by molar-refractivity contribution is 5.87. The molecule has 0 saturated carbocycles. The summed E-state index contributed by atoms with van der Waals surface area (Å²) in [6.45, 7) is 9.56. The van der Waals surface area contributed by atoms with Crippen molar-refractivity contribution in [2.45, 2.75) is 39.4 Å². The number of ether oxygens (including phenoxy) is 1. The van der Waals surface area contributed by atoms with Crippen LogP contribution in [0.1, 0.15) is 32.0 Å². The number of hydrogen-bond acceptors (Lipinski definition) is 4. The number of carboxylic acid groups (broad SMARTS) is 1. The molecular formula is C15H23N3O3. The van der Waals surface area contributed by atoms with Gasteiger partial charge in [-0.05, 0) is 33.8 Å². The Balaban J connectivity index is 2.41. The molecule has 21 heavy (non-hydrogen) atoms. The van der Waals surface area contributed by atoms with Crippen molar-refractivity contribution in [3.05, 3.63) is 17.3 Å². The molecule has 1 aromatic heterocycles. The summed E-state index contributed by atoms with van der Waals surface area (Å²) in [5, 5.41) is 13.3. The number of morpholine rings is 1. The molecule has 1 aliphatic rings. The van der Waals surface area contributed by atoms with Gasteiger partial charge in [-0.15, -0.1) is 0 Å². The fourth-order valence-corrected chi connectivity index (χ4v) is 3.00. The van der Waals surface area contributed by atoms with E-state index < -0.39 is 5.97 Å². The van der Waals surface area contributed by atoms with E-state index in [-0.39, 0.29) is 11.7 Å². The van der Waals surface area contributed by atoms with Crippen molar-refractivity contribution >= 4 is 17.9 Å². The quantitative estimate of drug-likeness (QED) is 0.861. The first-order valence-electron chi connectivity index (χ1n) is 7.07. The molecule has 0 aromatic carbocycles. The molecule has 0 radical (unpaired) electrons. The van der Waals surface area contributed by atoms with Crippen molar-refractivity contribution in [3.63, 3.8) is 0 Å². The zero-order valence-corrected chi connectivity index (χ0v) is 13.3. The van der Waals surface area contributed by atoms with Crippen LogP contribution in [0, 0.1) is 6.92 Å². The van der Waals surface area contributed by atoms with Gasteiger partial charge in [0.25, 0.3) is 0 Å². The predicted octanol–water partition coefficient (Wildman–Crippen LogP) is 1.83. The Morgan fingerprint density at radius 2 is 2.19 bits per heavy atom. The molecule has 1 unspecified atom stereocenters. The molecule has 1 atom stereocenters. The Kier molecular flexibility index (Phi) is 4.09. The molecule has 6 heteroatoms. The smallest absolute Gasteiger partial charge is 0.328 e. The van der Waals surface area contributed by atoms with E-state index in [0.717, 1.165) is 36.2 Å². The Labute approximate surface area is 125 Å². The number of carbonyl (C=O) groups is 1.